The van der Waals surface area contributed by atoms with E-state index in [0.29, 0.717) is 22.8 Å². The Balaban J connectivity index is 1.48. The number of carbonyl (C=O) groups is 1. The molecule has 0 spiro atoms. The van der Waals surface area contributed by atoms with Crippen LogP contribution in [0.25, 0.3) is 0 Å². The van der Waals surface area contributed by atoms with Gasteiger partial charge in [0.05, 0.1) is 18.9 Å². The molecule has 0 saturated carbocycles. The first kappa shape index (κ1) is 18.4. The molecule has 0 radical (unpaired) electrons. The Kier molecular flexibility index (Phi) is 5.65. The van der Waals surface area contributed by atoms with Crippen molar-refractivity contribution in [3.8, 4) is 23.0 Å². The fourth-order valence-electron chi connectivity index (χ4n) is 2.38. The van der Waals surface area contributed by atoms with Crippen molar-refractivity contribution in [2.75, 3.05) is 18.7 Å². The molecule has 0 unspecified atom stereocenters. The zero-order chi connectivity index (χ0) is 19.2. The number of anilines is 1. The number of aromatic hydroxyl groups is 1. The maximum atomic E-state index is 11.9. The van der Waals surface area contributed by atoms with Gasteiger partial charge in [-0.25, -0.2) is 5.43 Å². The van der Waals surface area contributed by atoms with Gasteiger partial charge in [0.1, 0.15) is 11.5 Å². The van der Waals surface area contributed by atoms with Crippen molar-refractivity contribution in [1.82, 2.24) is 5.43 Å². The molecular weight excluding hydrogens is 350 g/mol. The average molecular weight is 371 g/mol. The minimum absolute atomic E-state index is 0.0143. The summed E-state index contributed by atoms with van der Waals surface area (Å²) >= 11 is 0. The number of phenolic OH excluding ortho intramolecular Hbond substituents is 1. The molecule has 3 rings (SSSR count). The lowest BCUT2D eigenvalue weighted by Gasteiger charge is -2.10. The van der Waals surface area contributed by atoms with Crippen LogP contribution >= 0.6 is 0 Å². The van der Waals surface area contributed by atoms with Gasteiger partial charge in [-0.2, -0.15) is 5.10 Å². The highest BCUT2D eigenvalue weighted by molar-refractivity contribution is 5.86. The van der Waals surface area contributed by atoms with Gasteiger partial charge in [-0.15, -0.1) is 0 Å². The molecule has 1 aliphatic rings. The van der Waals surface area contributed by atoms with E-state index in [4.69, 9.17) is 14.2 Å². The molecule has 1 amide bonds. The van der Waals surface area contributed by atoms with E-state index in [2.05, 4.69) is 15.8 Å². The number of hydrogen-bond acceptors (Lipinski definition) is 7. The first-order valence-electron chi connectivity index (χ1n) is 8.46. The molecule has 0 bridgehead atoms. The number of hydrazone groups is 1. The Hall–Kier alpha value is -3.42. The Morgan fingerprint density at radius 3 is 2.85 bits per heavy atom. The van der Waals surface area contributed by atoms with Crippen LogP contribution in [0.3, 0.4) is 0 Å². The van der Waals surface area contributed by atoms with Crippen molar-refractivity contribution in [2.24, 2.45) is 5.10 Å². The number of amides is 1. The largest absolute Gasteiger partial charge is 0.507 e. The van der Waals surface area contributed by atoms with Crippen molar-refractivity contribution in [3.63, 3.8) is 0 Å². The molecule has 2 aromatic rings. The second-order valence-electron chi connectivity index (χ2n) is 6.10. The highest BCUT2D eigenvalue weighted by atomic mass is 16.7. The van der Waals surface area contributed by atoms with Crippen molar-refractivity contribution in [1.29, 1.82) is 0 Å². The van der Waals surface area contributed by atoms with Gasteiger partial charge in [0.2, 0.25) is 6.79 Å². The van der Waals surface area contributed by atoms with E-state index < -0.39 is 0 Å². The molecule has 3 N–H and O–H groups in total. The van der Waals surface area contributed by atoms with Crippen LogP contribution in [-0.2, 0) is 4.79 Å². The summed E-state index contributed by atoms with van der Waals surface area (Å²) < 4.78 is 16.0. The van der Waals surface area contributed by atoms with Crippen molar-refractivity contribution >= 4 is 17.8 Å². The summed E-state index contributed by atoms with van der Waals surface area (Å²) in [6.07, 6.45) is 1.38. The molecule has 1 aliphatic heterocycles. The minimum Gasteiger partial charge on any atom is -0.507 e. The molecule has 0 fully saturated rings. The summed E-state index contributed by atoms with van der Waals surface area (Å²) in [5.41, 5.74) is 3.60. The van der Waals surface area contributed by atoms with Crippen LogP contribution in [0, 0.1) is 0 Å². The molecular formula is C19H21N3O5. The first-order valence-corrected chi connectivity index (χ1v) is 8.46. The fraction of sp³-hybridized carbons (Fsp3) is 0.263. The van der Waals surface area contributed by atoms with Crippen LogP contribution in [-0.4, -0.2) is 36.7 Å². The number of nitrogens with zero attached hydrogens (tertiary/aromatic N) is 1. The highest BCUT2D eigenvalue weighted by Gasteiger charge is 2.13. The van der Waals surface area contributed by atoms with Crippen LogP contribution in [0.1, 0.15) is 19.4 Å². The first-order chi connectivity index (χ1) is 13.0. The lowest BCUT2D eigenvalue weighted by atomic mass is 10.2. The van der Waals surface area contributed by atoms with Gasteiger partial charge in [-0.05, 0) is 38.1 Å². The van der Waals surface area contributed by atoms with Crippen molar-refractivity contribution < 1.29 is 24.1 Å². The number of rotatable bonds is 7. The van der Waals surface area contributed by atoms with E-state index in [0.717, 1.165) is 5.69 Å². The highest BCUT2D eigenvalue weighted by Crippen LogP contribution is 2.34. The van der Waals surface area contributed by atoms with Gasteiger partial charge >= 0.3 is 0 Å². The standard InChI is InChI=1S/C19H21N3O5/c1-12(2)27-15-5-3-13(16(23)8-15)9-21-22-19(24)10-20-14-4-6-17-18(7-14)26-11-25-17/h3-9,12,20,23H,10-11H2,1-2H3,(H,22,24)/b21-9+. The molecule has 1 heterocycles. The van der Waals surface area contributed by atoms with Gasteiger partial charge in [0, 0.05) is 23.4 Å². The van der Waals surface area contributed by atoms with Crippen LogP contribution in [0.15, 0.2) is 41.5 Å². The Morgan fingerprint density at radius 1 is 1.26 bits per heavy atom. The van der Waals surface area contributed by atoms with Crippen molar-refractivity contribution in [2.45, 2.75) is 20.0 Å². The van der Waals surface area contributed by atoms with Gasteiger partial charge in [-0.1, -0.05) is 0 Å². The van der Waals surface area contributed by atoms with Crippen LogP contribution < -0.4 is 25.0 Å². The lowest BCUT2D eigenvalue weighted by Crippen LogP contribution is -2.25. The molecule has 0 atom stereocenters. The average Bonchev–Trinajstić information content (AvgIpc) is 3.09. The van der Waals surface area contributed by atoms with E-state index in [1.165, 1.54) is 12.3 Å². The van der Waals surface area contributed by atoms with Gasteiger partial charge in [-0.3, -0.25) is 4.79 Å². The van der Waals surface area contributed by atoms with Crippen LogP contribution in [0.4, 0.5) is 5.69 Å². The molecule has 0 aliphatic carbocycles. The molecule has 2 aromatic carbocycles. The normalized spacial score (nSPS) is 12.4. The van der Waals surface area contributed by atoms with E-state index in [-0.39, 0.29) is 31.1 Å². The number of phenols is 1. The Morgan fingerprint density at radius 2 is 2.07 bits per heavy atom. The summed E-state index contributed by atoms with van der Waals surface area (Å²) in [6.45, 7) is 4.04. The molecule has 8 nitrogen and oxygen atoms in total. The molecule has 8 heteroatoms. The van der Waals surface area contributed by atoms with Gasteiger partial charge < -0.3 is 24.6 Å². The number of carbonyl (C=O) groups excluding carboxylic acids is 1. The fourth-order valence-corrected chi connectivity index (χ4v) is 2.38. The topological polar surface area (TPSA) is 101 Å². The summed E-state index contributed by atoms with van der Waals surface area (Å²) in [5, 5.41) is 16.8. The minimum atomic E-state index is -0.330. The Bertz CT molecular complexity index is 851. The summed E-state index contributed by atoms with van der Waals surface area (Å²) in [4.78, 5) is 11.9. The summed E-state index contributed by atoms with van der Waals surface area (Å²) in [5.74, 6) is 1.57. The number of ether oxygens (including phenoxy) is 3. The SMILES string of the molecule is CC(C)Oc1ccc(/C=N/NC(=O)CNc2ccc3c(c2)OCO3)c(O)c1. The third kappa shape index (κ3) is 5.04. The molecule has 0 aromatic heterocycles. The molecule has 142 valence electrons. The third-order valence-corrected chi connectivity index (χ3v) is 3.59. The lowest BCUT2D eigenvalue weighted by molar-refractivity contribution is -0.119. The number of nitrogens with one attached hydrogen (secondary N) is 2. The number of hydrogen-bond donors (Lipinski definition) is 3. The second kappa shape index (κ2) is 8.31. The zero-order valence-electron chi connectivity index (χ0n) is 15.1. The van der Waals surface area contributed by atoms with E-state index in [1.807, 2.05) is 13.8 Å². The quantitative estimate of drug-likeness (QED) is 0.511. The summed E-state index contributed by atoms with van der Waals surface area (Å²) in [6, 6.07) is 10.2. The maximum Gasteiger partial charge on any atom is 0.259 e. The van der Waals surface area contributed by atoms with Crippen molar-refractivity contribution in [3.05, 3.63) is 42.0 Å². The van der Waals surface area contributed by atoms with E-state index in [1.54, 1.807) is 30.3 Å². The third-order valence-electron chi connectivity index (χ3n) is 3.59. The summed E-state index contributed by atoms with van der Waals surface area (Å²) in [7, 11) is 0. The van der Waals surface area contributed by atoms with E-state index >= 15 is 0 Å². The van der Waals surface area contributed by atoms with Crippen LogP contribution in [0.5, 0.6) is 23.0 Å². The number of benzene rings is 2. The molecule has 0 saturated heterocycles. The Labute approximate surface area is 156 Å². The van der Waals surface area contributed by atoms with Gasteiger partial charge in [0.15, 0.2) is 11.5 Å². The smallest absolute Gasteiger partial charge is 0.259 e. The monoisotopic (exact) mass is 371 g/mol. The molecule has 27 heavy (non-hydrogen) atoms. The second-order valence-corrected chi connectivity index (χ2v) is 6.10. The van der Waals surface area contributed by atoms with Gasteiger partial charge in [0.25, 0.3) is 5.91 Å². The predicted octanol–water partition coefficient (Wildman–Crippen LogP) is 2.47. The zero-order valence-corrected chi connectivity index (χ0v) is 15.1. The predicted molar refractivity (Wildman–Crippen MR) is 101 cm³/mol. The number of fused-ring (bicyclic) bond motifs is 1. The maximum absolute atomic E-state index is 11.9. The van der Waals surface area contributed by atoms with E-state index in [9.17, 15) is 9.90 Å². The van der Waals surface area contributed by atoms with Crippen LogP contribution in [0.2, 0.25) is 0 Å².